The van der Waals surface area contributed by atoms with E-state index in [0.717, 1.165) is 25.3 Å². The third-order valence-corrected chi connectivity index (χ3v) is 3.93. The van der Waals surface area contributed by atoms with Crippen LogP contribution in [-0.2, 0) is 13.1 Å². The number of aliphatic hydroxyl groups is 1. The molecule has 2 rings (SSSR count). The molecule has 1 fully saturated rings. The Morgan fingerprint density at radius 2 is 2.05 bits per heavy atom. The first-order valence-corrected chi connectivity index (χ1v) is 7.47. The van der Waals surface area contributed by atoms with Crippen LogP contribution in [0.5, 0.6) is 0 Å². The van der Waals surface area contributed by atoms with Crippen LogP contribution in [0.4, 0.5) is 0 Å². The topological polar surface area (TPSA) is 66.2 Å². The lowest BCUT2D eigenvalue weighted by molar-refractivity contribution is 0.0959. The van der Waals surface area contributed by atoms with Crippen molar-refractivity contribution in [3.63, 3.8) is 0 Å². The molecule has 1 aliphatic rings. The third kappa shape index (κ3) is 4.26. The predicted octanol–water partition coefficient (Wildman–Crippen LogP) is 0.623. The summed E-state index contributed by atoms with van der Waals surface area (Å²) in [6.07, 6.45) is 4.26. The molecule has 6 nitrogen and oxygen atoms in total. The summed E-state index contributed by atoms with van der Waals surface area (Å²) in [7, 11) is 0. The van der Waals surface area contributed by atoms with Crippen molar-refractivity contribution in [1.82, 2.24) is 25.2 Å². The normalized spacial score (nSPS) is 18.6. The number of piperidine rings is 1. The molecular weight excluding hydrogens is 254 g/mol. The number of rotatable bonds is 5. The lowest BCUT2D eigenvalue weighted by Gasteiger charge is -2.41. The zero-order valence-electron chi connectivity index (χ0n) is 12.8. The Balaban J connectivity index is 1.73. The molecule has 1 aromatic rings. The van der Waals surface area contributed by atoms with Crippen molar-refractivity contribution < 1.29 is 5.11 Å². The molecule has 1 aliphatic heterocycles. The Morgan fingerprint density at radius 3 is 2.65 bits per heavy atom. The van der Waals surface area contributed by atoms with Crippen LogP contribution in [0.15, 0.2) is 6.20 Å². The predicted molar refractivity (Wildman–Crippen MR) is 78.3 cm³/mol. The van der Waals surface area contributed by atoms with Gasteiger partial charge in [0, 0.05) is 37.4 Å². The highest BCUT2D eigenvalue weighted by Gasteiger charge is 2.26. The molecule has 1 aromatic heterocycles. The second-order valence-corrected chi connectivity index (χ2v) is 6.51. The van der Waals surface area contributed by atoms with Gasteiger partial charge in [-0.3, -0.25) is 4.90 Å². The first kappa shape index (κ1) is 15.4. The van der Waals surface area contributed by atoms with Crippen molar-refractivity contribution in [2.75, 3.05) is 19.7 Å². The van der Waals surface area contributed by atoms with Gasteiger partial charge in [-0.2, -0.15) is 0 Å². The SMILES string of the molecule is CC(C)(C)N1CCC(NCc2cn(CCO)nn2)CC1. The maximum absolute atomic E-state index is 8.84. The molecule has 0 unspecified atom stereocenters. The summed E-state index contributed by atoms with van der Waals surface area (Å²) in [5, 5.41) is 20.5. The van der Waals surface area contributed by atoms with Crippen LogP contribution >= 0.6 is 0 Å². The number of hydrogen-bond donors (Lipinski definition) is 2. The van der Waals surface area contributed by atoms with Crippen molar-refractivity contribution in [2.24, 2.45) is 0 Å². The van der Waals surface area contributed by atoms with Crippen molar-refractivity contribution in [3.8, 4) is 0 Å². The lowest BCUT2D eigenvalue weighted by Crippen LogP contribution is -2.49. The van der Waals surface area contributed by atoms with Crippen molar-refractivity contribution in [2.45, 2.75) is 58.3 Å². The Hall–Kier alpha value is -0.980. The van der Waals surface area contributed by atoms with Crippen LogP contribution in [0.25, 0.3) is 0 Å². The molecule has 0 amide bonds. The zero-order valence-corrected chi connectivity index (χ0v) is 12.8. The number of aromatic nitrogens is 3. The highest BCUT2D eigenvalue weighted by molar-refractivity contribution is 4.93. The minimum Gasteiger partial charge on any atom is -0.394 e. The van der Waals surface area contributed by atoms with Gasteiger partial charge in [0.05, 0.1) is 18.8 Å². The van der Waals surface area contributed by atoms with E-state index < -0.39 is 0 Å². The van der Waals surface area contributed by atoms with Gasteiger partial charge >= 0.3 is 0 Å². The standard InChI is InChI=1S/C14H27N5O/c1-14(2,3)18-6-4-12(5-7-18)15-10-13-11-19(8-9-20)17-16-13/h11-12,15,20H,4-10H2,1-3H3. The third-order valence-electron chi connectivity index (χ3n) is 3.93. The molecule has 0 aliphatic carbocycles. The second-order valence-electron chi connectivity index (χ2n) is 6.51. The molecule has 0 atom stereocenters. The molecule has 2 heterocycles. The Kier molecular flexibility index (Phi) is 5.12. The van der Waals surface area contributed by atoms with E-state index in [0.29, 0.717) is 12.6 Å². The monoisotopic (exact) mass is 281 g/mol. The first-order chi connectivity index (χ1) is 9.49. The first-order valence-electron chi connectivity index (χ1n) is 7.47. The van der Waals surface area contributed by atoms with E-state index in [9.17, 15) is 0 Å². The summed E-state index contributed by atoms with van der Waals surface area (Å²) < 4.78 is 1.68. The van der Waals surface area contributed by atoms with Gasteiger partial charge in [0.25, 0.3) is 0 Å². The number of hydrogen-bond acceptors (Lipinski definition) is 5. The summed E-state index contributed by atoms with van der Waals surface area (Å²) in [6, 6.07) is 0.566. The fourth-order valence-corrected chi connectivity index (χ4v) is 2.63. The van der Waals surface area contributed by atoms with Gasteiger partial charge in [-0.25, -0.2) is 4.68 Å². The molecule has 0 spiro atoms. The highest BCUT2D eigenvalue weighted by Crippen LogP contribution is 2.20. The van der Waals surface area contributed by atoms with Gasteiger partial charge in [-0.05, 0) is 33.6 Å². The molecule has 6 heteroatoms. The Morgan fingerprint density at radius 1 is 1.35 bits per heavy atom. The van der Waals surface area contributed by atoms with E-state index in [1.54, 1.807) is 4.68 Å². The van der Waals surface area contributed by atoms with Gasteiger partial charge < -0.3 is 10.4 Å². The summed E-state index contributed by atoms with van der Waals surface area (Å²) in [5.41, 5.74) is 1.22. The van der Waals surface area contributed by atoms with Gasteiger partial charge in [0.15, 0.2) is 0 Å². The summed E-state index contributed by atoms with van der Waals surface area (Å²) >= 11 is 0. The molecule has 2 N–H and O–H groups in total. The van der Waals surface area contributed by atoms with Crippen molar-refractivity contribution in [1.29, 1.82) is 0 Å². The molecule has 0 aromatic carbocycles. The fourth-order valence-electron chi connectivity index (χ4n) is 2.63. The van der Waals surface area contributed by atoms with Crippen molar-refractivity contribution >= 4 is 0 Å². The smallest absolute Gasteiger partial charge is 0.0964 e. The highest BCUT2D eigenvalue weighted by atomic mass is 16.3. The van der Waals surface area contributed by atoms with E-state index in [1.165, 1.54) is 12.8 Å². The van der Waals surface area contributed by atoms with E-state index in [-0.39, 0.29) is 12.1 Å². The van der Waals surface area contributed by atoms with Crippen LogP contribution < -0.4 is 5.32 Å². The van der Waals surface area contributed by atoms with Gasteiger partial charge in [-0.1, -0.05) is 5.21 Å². The number of nitrogens with one attached hydrogen (secondary N) is 1. The average molecular weight is 281 g/mol. The van der Waals surface area contributed by atoms with Crippen LogP contribution in [0.3, 0.4) is 0 Å². The number of nitrogens with zero attached hydrogens (tertiary/aromatic N) is 4. The van der Waals surface area contributed by atoms with E-state index in [4.69, 9.17) is 5.11 Å². The van der Waals surface area contributed by atoms with Gasteiger partial charge in [0.1, 0.15) is 0 Å². The molecular formula is C14H27N5O. The molecule has 114 valence electrons. The largest absolute Gasteiger partial charge is 0.394 e. The van der Waals surface area contributed by atoms with Gasteiger partial charge in [-0.15, -0.1) is 5.10 Å². The molecule has 0 saturated carbocycles. The van der Waals surface area contributed by atoms with Gasteiger partial charge in [0.2, 0.25) is 0 Å². The minimum absolute atomic E-state index is 0.0987. The average Bonchev–Trinajstić information content (AvgIpc) is 2.84. The van der Waals surface area contributed by atoms with Crippen LogP contribution in [-0.4, -0.2) is 56.3 Å². The molecule has 0 radical (unpaired) electrons. The number of likely N-dealkylation sites (tertiary alicyclic amines) is 1. The summed E-state index contributed by atoms with van der Waals surface area (Å²) in [5.74, 6) is 0. The van der Waals surface area contributed by atoms with E-state index in [1.807, 2.05) is 6.20 Å². The summed E-state index contributed by atoms with van der Waals surface area (Å²) in [4.78, 5) is 2.54. The van der Waals surface area contributed by atoms with Crippen LogP contribution in [0.2, 0.25) is 0 Å². The Labute approximate surface area is 121 Å². The maximum Gasteiger partial charge on any atom is 0.0964 e. The van der Waals surface area contributed by atoms with Crippen molar-refractivity contribution in [3.05, 3.63) is 11.9 Å². The maximum atomic E-state index is 8.84. The Bertz CT molecular complexity index is 404. The van der Waals surface area contributed by atoms with E-state index >= 15 is 0 Å². The zero-order chi connectivity index (χ0) is 14.6. The van der Waals surface area contributed by atoms with Crippen LogP contribution in [0, 0.1) is 0 Å². The quantitative estimate of drug-likeness (QED) is 0.828. The minimum atomic E-state index is 0.0987. The fraction of sp³-hybridized carbons (Fsp3) is 0.857. The molecule has 1 saturated heterocycles. The lowest BCUT2D eigenvalue weighted by atomic mass is 9.98. The van der Waals surface area contributed by atoms with Crippen LogP contribution in [0.1, 0.15) is 39.3 Å². The second kappa shape index (κ2) is 6.65. The number of aliphatic hydroxyl groups excluding tert-OH is 1. The summed E-state index contributed by atoms with van der Waals surface area (Å²) in [6.45, 7) is 10.5. The van der Waals surface area contributed by atoms with E-state index in [2.05, 4.69) is 41.3 Å². The molecule has 0 bridgehead atoms. The molecule has 20 heavy (non-hydrogen) atoms.